The average Bonchev–Trinajstić information content (AvgIpc) is 3.56. The molecule has 0 aliphatic heterocycles. The molecule has 0 radical (unpaired) electrons. The van der Waals surface area contributed by atoms with E-state index in [1.54, 1.807) is 11.6 Å². The molecule has 1 aliphatic carbocycles. The summed E-state index contributed by atoms with van der Waals surface area (Å²) in [6, 6.07) is 13.3. The zero-order valence-corrected chi connectivity index (χ0v) is 21.1. The molecular formula is C29H33N5O2. The first-order valence-corrected chi connectivity index (χ1v) is 12.5. The summed E-state index contributed by atoms with van der Waals surface area (Å²) >= 11 is 0. The van der Waals surface area contributed by atoms with E-state index in [0.29, 0.717) is 6.04 Å². The minimum atomic E-state index is -0.529. The van der Waals surface area contributed by atoms with E-state index in [1.165, 1.54) is 44.8 Å². The van der Waals surface area contributed by atoms with Gasteiger partial charge in [-0.2, -0.15) is 5.10 Å². The minimum absolute atomic E-state index is 0.325. The molecule has 0 fully saturated rings. The number of amides is 1. The lowest BCUT2D eigenvalue weighted by Gasteiger charge is -2.29. The predicted octanol–water partition coefficient (Wildman–Crippen LogP) is 4.77. The van der Waals surface area contributed by atoms with Gasteiger partial charge in [0.15, 0.2) is 0 Å². The molecule has 0 bridgehead atoms. The van der Waals surface area contributed by atoms with Crippen LogP contribution < -0.4 is 5.48 Å². The van der Waals surface area contributed by atoms with Gasteiger partial charge in [-0.3, -0.25) is 19.6 Å². The number of fused-ring (bicyclic) bond motifs is 2. The third kappa shape index (κ3) is 4.98. The van der Waals surface area contributed by atoms with Gasteiger partial charge in [0.1, 0.15) is 0 Å². The average molecular weight is 484 g/mol. The number of hydrogen-bond donors (Lipinski definition) is 3. The van der Waals surface area contributed by atoms with Crippen LogP contribution in [0.4, 0.5) is 0 Å². The minimum Gasteiger partial charge on any atom is -0.361 e. The highest BCUT2D eigenvalue weighted by Gasteiger charge is 2.29. The second-order valence-electron chi connectivity index (χ2n) is 9.82. The van der Waals surface area contributed by atoms with E-state index in [1.807, 2.05) is 17.8 Å². The van der Waals surface area contributed by atoms with Gasteiger partial charge < -0.3 is 4.98 Å². The molecule has 3 N–H and O–H groups in total. The second kappa shape index (κ2) is 10.1. The predicted molar refractivity (Wildman–Crippen MR) is 142 cm³/mol. The molecule has 7 heteroatoms. The third-order valence-corrected chi connectivity index (χ3v) is 7.27. The van der Waals surface area contributed by atoms with Crippen molar-refractivity contribution in [2.45, 2.75) is 45.7 Å². The number of hydrogen-bond acceptors (Lipinski definition) is 4. The van der Waals surface area contributed by atoms with Crippen molar-refractivity contribution in [2.24, 2.45) is 7.05 Å². The van der Waals surface area contributed by atoms with Crippen LogP contribution in [-0.4, -0.2) is 37.3 Å². The van der Waals surface area contributed by atoms with E-state index in [9.17, 15) is 4.79 Å². The van der Waals surface area contributed by atoms with Crippen molar-refractivity contribution in [3.63, 3.8) is 0 Å². The Morgan fingerprint density at radius 2 is 2.11 bits per heavy atom. The van der Waals surface area contributed by atoms with Gasteiger partial charge in [-0.05, 0) is 73.1 Å². The Morgan fingerprint density at radius 1 is 1.25 bits per heavy atom. The number of nitrogens with zero attached hydrogens (tertiary/aromatic N) is 3. The summed E-state index contributed by atoms with van der Waals surface area (Å²) in [6.07, 6.45) is 10.4. The fourth-order valence-electron chi connectivity index (χ4n) is 5.45. The molecule has 2 aromatic heterocycles. The first-order valence-electron chi connectivity index (χ1n) is 12.5. The van der Waals surface area contributed by atoms with Gasteiger partial charge in [-0.15, -0.1) is 0 Å². The van der Waals surface area contributed by atoms with Crippen molar-refractivity contribution in [2.75, 3.05) is 6.54 Å². The smallest absolute Gasteiger partial charge is 0.267 e. The molecule has 0 saturated carbocycles. The van der Waals surface area contributed by atoms with Gasteiger partial charge in [-0.1, -0.05) is 30.3 Å². The third-order valence-electron chi connectivity index (χ3n) is 7.27. The SMILES string of the molecule is Cc1ccc2c(CCN(Cc3cn(C)nc3C)C3CCc4cc(/C=C/C(=O)NO)ccc43)c[nH]c2c1. The maximum absolute atomic E-state index is 11.4. The molecule has 2 aromatic carbocycles. The first-order chi connectivity index (χ1) is 17.4. The van der Waals surface area contributed by atoms with Gasteiger partial charge in [0, 0.05) is 61.1 Å². The Kier molecular flexibility index (Phi) is 6.76. The number of carbonyl (C=O) groups is 1. The van der Waals surface area contributed by atoms with E-state index in [2.05, 4.69) is 71.6 Å². The highest BCUT2D eigenvalue weighted by atomic mass is 16.5. The summed E-state index contributed by atoms with van der Waals surface area (Å²) in [5, 5.41) is 14.6. The van der Waals surface area contributed by atoms with Crippen LogP contribution in [0.3, 0.4) is 0 Å². The zero-order chi connectivity index (χ0) is 25.2. The van der Waals surface area contributed by atoms with E-state index in [0.717, 1.165) is 43.6 Å². The number of benzene rings is 2. The van der Waals surface area contributed by atoms with Gasteiger partial charge in [0.2, 0.25) is 0 Å². The Balaban J connectivity index is 1.40. The summed E-state index contributed by atoms with van der Waals surface area (Å²) in [6.45, 7) is 6.00. The van der Waals surface area contributed by atoms with Crippen LogP contribution in [0.25, 0.3) is 17.0 Å². The number of nitrogens with one attached hydrogen (secondary N) is 2. The Labute approximate surface area is 211 Å². The van der Waals surface area contributed by atoms with Crippen molar-refractivity contribution >= 4 is 22.9 Å². The van der Waals surface area contributed by atoms with Crippen LogP contribution in [0.2, 0.25) is 0 Å². The molecule has 1 atom stereocenters. The van der Waals surface area contributed by atoms with Gasteiger partial charge >= 0.3 is 0 Å². The number of aryl methyl sites for hydroxylation is 4. The quantitative estimate of drug-likeness (QED) is 0.191. The van der Waals surface area contributed by atoms with E-state index in [-0.39, 0.29) is 0 Å². The topological polar surface area (TPSA) is 86.2 Å². The van der Waals surface area contributed by atoms with Crippen molar-refractivity contribution in [3.8, 4) is 0 Å². The van der Waals surface area contributed by atoms with Gasteiger partial charge in [-0.25, -0.2) is 5.48 Å². The lowest BCUT2D eigenvalue weighted by Crippen LogP contribution is -2.29. The summed E-state index contributed by atoms with van der Waals surface area (Å²) in [7, 11) is 1.98. The fraction of sp³-hybridized carbons (Fsp3) is 0.310. The van der Waals surface area contributed by atoms with Crippen molar-refractivity contribution in [1.82, 2.24) is 25.1 Å². The Morgan fingerprint density at radius 3 is 2.89 bits per heavy atom. The number of hydroxylamine groups is 1. The van der Waals surface area contributed by atoms with Crippen LogP contribution in [0.15, 0.2) is 54.9 Å². The van der Waals surface area contributed by atoms with Crippen LogP contribution in [0, 0.1) is 13.8 Å². The number of aromatic nitrogens is 3. The van der Waals surface area contributed by atoms with E-state index < -0.39 is 5.91 Å². The first kappa shape index (κ1) is 24.0. The van der Waals surface area contributed by atoms with Gasteiger partial charge in [0.05, 0.1) is 5.69 Å². The molecule has 2 heterocycles. The molecule has 5 rings (SSSR count). The summed E-state index contributed by atoms with van der Waals surface area (Å²) in [5.74, 6) is -0.529. The lowest BCUT2D eigenvalue weighted by atomic mass is 10.0. The van der Waals surface area contributed by atoms with E-state index in [4.69, 9.17) is 5.21 Å². The number of carbonyl (C=O) groups excluding carboxylic acids is 1. The number of rotatable bonds is 8. The molecule has 4 aromatic rings. The molecule has 186 valence electrons. The zero-order valence-electron chi connectivity index (χ0n) is 21.1. The maximum atomic E-state index is 11.4. The van der Waals surface area contributed by atoms with Crippen molar-refractivity contribution in [1.29, 1.82) is 0 Å². The Bertz CT molecular complexity index is 1430. The molecular weight excluding hydrogens is 450 g/mol. The molecule has 0 spiro atoms. The van der Waals surface area contributed by atoms with E-state index >= 15 is 0 Å². The molecule has 7 nitrogen and oxygen atoms in total. The normalized spacial score (nSPS) is 15.3. The molecule has 36 heavy (non-hydrogen) atoms. The van der Waals surface area contributed by atoms with Crippen molar-refractivity contribution in [3.05, 3.63) is 93.9 Å². The summed E-state index contributed by atoms with van der Waals surface area (Å²) < 4.78 is 1.90. The summed E-state index contributed by atoms with van der Waals surface area (Å²) in [5.41, 5.74) is 11.4. The summed E-state index contributed by atoms with van der Waals surface area (Å²) in [4.78, 5) is 17.4. The second-order valence-corrected chi connectivity index (χ2v) is 9.82. The largest absolute Gasteiger partial charge is 0.361 e. The highest BCUT2D eigenvalue weighted by molar-refractivity contribution is 5.90. The number of aromatic amines is 1. The molecule has 1 amide bonds. The maximum Gasteiger partial charge on any atom is 0.267 e. The standard InChI is InChI=1S/C29H33N5O2/c1-19-4-8-25-23(16-30-27(25)14-19)12-13-34(18-24-17-33(3)31-20(24)2)28-10-7-22-15-21(5-9-26(22)28)6-11-29(35)32-36/h4-6,8-9,11,14-17,28,30,36H,7,10,12-13,18H2,1-3H3,(H,32,35)/b11-6+. The van der Waals surface area contributed by atoms with Crippen LogP contribution >= 0.6 is 0 Å². The molecule has 1 unspecified atom stereocenters. The van der Waals surface area contributed by atoms with Crippen LogP contribution in [0.5, 0.6) is 0 Å². The fourth-order valence-corrected chi connectivity index (χ4v) is 5.45. The lowest BCUT2D eigenvalue weighted by molar-refractivity contribution is -0.124. The Hall–Kier alpha value is -3.68. The molecule has 0 saturated heterocycles. The monoisotopic (exact) mass is 483 g/mol. The number of H-pyrrole nitrogens is 1. The van der Waals surface area contributed by atoms with Crippen LogP contribution in [0.1, 0.15) is 51.5 Å². The molecule has 1 aliphatic rings. The van der Waals surface area contributed by atoms with Crippen LogP contribution in [-0.2, 0) is 31.2 Å². The highest BCUT2D eigenvalue weighted by Crippen LogP contribution is 2.38. The van der Waals surface area contributed by atoms with Crippen molar-refractivity contribution < 1.29 is 10.0 Å². The van der Waals surface area contributed by atoms with Gasteiger partial charge in [0.25, 0.3) is 5.91 Å².